The number of hydrogen-bond acceptors (Lipinski definition) is 1. The molecule has 23 heavy (non-hydrogen) atoms. The fraction of sp³-hybridized carbons (Fsp3) is 0.667. The van der Waals surface area contributed by atoms with Gasteiger partial charge in [0.15, 0.2) is 0 Å². The van der Waals surface area contributed by atoms with Gasteiger partial charge in [0.1, 0.15) is 0 Å². The van der Waals surface area contributed by atoms with Crippen molar-refractivity contribution in [1.82, 2.24) is 5.32 Å². The third-order valence-electron chi connectivity index (χ3n) is 4.93. The second kappa shape index (κ2) is 10.5. The zero-order valence-corrected chi connectivity index (χ0v) is 14.7. The summed E-state index contributed by atoms with van der Waals surface area (Å²) in [6.45, 7) is 3.12. The lowest BCUT2D eigenvalue weighted by molar-refractivity contribution is -0.122. The number of benzene rings is 1. The van der Waals surface area contributed by atoms with Crippen molar-refractivity contribution in [3.05, 3.63) is 35.9 Å². The first-order valence-corrected chi connectivity index (χ1v) is 9.65. The molecule has 1 aliphatic carbocycles. The number of rotatable bonds is 12. The minimum absolute atomic E-state index is 0.218. The van der Waals surface area contributed by atoms with Crippen LogP contribution in [0.15, 0.2) is 30.3 Å². The second-order valence-electron chi connectivity index (χ2n) is 6.98. The van der Waals surface area contributed by atoms with E-state index in [4.69, 9.17) is 0 Å². The van der Waals surface area contributed by atoms with Crippen molar-refractivity contribution in [1.29, 1.82) is 0 Å². The Morgan fingerprint density at radius 3 is 2.22 bits per heavy atom. The number of unbranched alkanes of at least 4 members (excludes halogenated alkanes) is 8. The largest absolute Gasteiger partial charge is 0.356 e. The standard InChI is InChI=1S/C21H33NO/c1-2-3-4-5-6-7-8-9-13-16-22-21(23)20-17-19(20)18-14-11-10-12-15-18/h10-12,14-15,19-20H,2-9,13,16-17H2,1H3,(H,22,23). The highest BCUT2D eigenvalue weighted by Crippen LogP contribution is 2.47. The van der Waals surface area contributed by atoms with E-state index in [1.807, 2.05) is 6.07 Å². The Morgan fingerprint density at radius 1 is 0.957 bits per heavy atom. The molecule has 2 heteroatoms. The van der Waals surface area contributed by atoms with Crippen LogP contribution >= 0.6 is 0 Å². The maximum Gasteiger partial charge on any atom is 0.223 e. The van der Waals surface area contributed by atoms with Gasteiger partial charge in [-0.2, -0.15) is 0 Å². The Morgan fingerprint density at radius 2 is 1.57 bits per heavy atom. The van der Waals surface area contributed by atoms with Crippen molar-refractivity contribution >= 4 is 5.91 Å². The number of hydrogen-bond donors (Lipinski definition) is 1. The molecule has 2 atom stereocenters. The summed E-state index contributed by atoms with van der Waals surface area (Å²) in [5, 5.41) is 3.12. The molecule has 0 aliphatic heterocycles. The maximum absolute atomic E-state index is 12.1. The van der Waals surface area contributed by atoms with Gasteiger partial charge in [-0.3, -0.25) is 4.79 Å². The van der Waals surface area contributed by atoms with Crippen molar-refractivity contribution in [2.45, 2.75) is 77.0 Å². The van der Waals surface area contributed by atoms with E-state index in [9.17, 15) is 4.79 Å². The Labute approximate surface area is 142 Å². The molecule has 128 valence electrons. The van der Waals surface area contributed by atoms with Crippen LogP contribution in [0, 0.1) is 5.92 Å². The van der Waals surface area contributed by atoms with Crippen molar-refractivity contribution < 1.29 is 4.79 Å². The van der Waals surface area contributed by atoms with E-state index in [1.54, 1.807) is 0 Å². The molecular formula is C21H33NO. The fourth-order valence-electron chi connectivity index (χ4n) is 3.33. The molecule has 0 heterocycles. The Balaban J connectivity index is 1.44. The monoisotopic (exact) mass is 315 g/mol. The molecule has 1 amide bonds. The molecule has 2 nitrogen and oxygen atoms in total. The molecular weight excluding hydrogens is 282 g/mol. The Hall–Kier alpha value is -1.31. The summed E-state index contributed by atoms with van der Waals surface area (Å²) >= 11 is 0. The van der Waals surface area contributed by atoms with E-state index in [0.717, 1.165) is 19.4 Å². The molecule has 1 aliphatic rings. The van der Waals surface area contributed by atoms with Crippen LogP contribution in [-0.4, -0.2) is 12.5 Å². The van der Waals surface area contributed by atoms with E-state index in [-0.39, 0.29) is 11.8 Å². The lowest BCUT2D eigenvalue weighted by Gasteiger charge is -2.05. The highest BCUT2D eigenvalue weighted by Gasteiger charge is 2.43. The van der Waals surface area contributed by atoms with E-state index < -0.39 is 0 Å². The predicted octanol–water partition coefficient (Wildman–Crippen LogP) is 5.44. The first-order valence-electron chi connectivity index (χ1n) is 9.65. The van der Waals surface area contributed by atoms with Crippen LogP contribution in [0.1, 0.15) is 82.6 Å². The van der Waals surface area contributed by atoms with Gasteiger partial charge in [0.25, 0.3) is 0 Å². The lowest BCUT2D eigenvalue weighted by Crippen LogP contribution is -2.26. The molecule has 0 radical (unpaired) electrons. The van der Waals surface area contributed by atoms with Crippen LogP contribution in [0.25, 0.3) is 0 Å². The third kappa shape index (κ3) is 6.76. The van der Waals surface area contributed by atoms with Gasteiger partial charge in [-0.25, -0.2) is 0 Å². The van der Waals surface area contributed by atoms with Crippen LogP contribution in [-0.2, 0) is 4.79 Å². The van der Waals surface area contributed by atoms with Gasteiger partial charge in [-0.15, -0.1) is 0 Å². The number of amides is 1. The minimum Gasteiger partial charge on any atom is -0.356 e. The maximum atomic E-state index is 12.1. The van der Waals surface area contributed by atoms with E-state index >= 15 is 0 Å². The van der Waals surface area contributed by atoms with E-state index in [2.05, 4.69) is 36.5 Å². The molecule has 0 spiro atoms. The smallest absolute Gasteiger partial charge is 0.223 e. The van der Waals surface area contributed by atoms with Crippen molar-refractivity contribution in [3.8, 4) is 0 Å². The van der Waals surface area contributed by atoms with Crippen LogP contribution in [0.4, 0.5) is 0 Å². The fourth-order valence-corrected chi connectivity index (χ4v) is 3.33. The average Bonchev–Trinajstić information content (AvgIpc) is 3.38. The van der Waals surface area contributed by atoms with Crippen molar-refractivity contribution in [2.75, 3.05) is 6.54 Å². The Bertz CT molecular complexity index is 442. The first kappa shape index (κ1) is 18.0. The number of carbonyl (C=O) groups excluding carboxylic acids is 1. The summed E-state index contributed by atoms with van der Waals surface area (Å²) in [5.41, 5.74) is 1.32. The van der Waals surface area contributed by atoms with Crippen LogP contribution in [0.3, 0.4) is 0 Å². The summed E-state index contributed by atoms with van der Waals surface area (Å²) in [4.78, 5) is 12.1. The zero-order valence-electron chi connectivity index (χ0n) is 14.7. The number of nitrogens with one attached hydrogen (secondary N) is 1. The van der Waals surface area contributed by atoms with E-state index in [1.165, 1.54) is 56.9 Å². The molecule has 1 saturated carbocycles. The summed E-state index contributed by atoms with van der Waals surface area (Å²) < 4.78 is 0. The SMILES string of the molecule is CCCCCCCCCCCNC(=O)C1CC1c1ccccc1. The van der Waals surface area contributed by atoms with Gasteiger partial charge in [0.2, 0.25) is 5.91 Å². The molecule has 0 aromatic heterocycles. The highest BCUT2D eigenvalue weighted by atomic mass is 16.2. The molecule has 2 unspecified atom stereocenters. The molecule has 0 saturated heterocycles. The molecule has 2 rings (SSSR count). The molecule has 0 bridgehead atoms. The lowest BCUT2D eigenvalue weighted by atomic mass is 10.1. The second-order valence-corrected chi connectivity index (χ2v) is 6.98. The normalized spacial score (nSPS) is 19.5. The minimum atomic E-state index is 0.218. The number of carbonyl (C=O) groups is 1. The van der Waals surface area contributed by atoms with Gasteiger partial charge in [0, 0.05) is 12.5 Å². The third-order valence-corrected chi connectivity index (χ3v) is 4.93. The first-order chi connectivity index (χ1) is 11.3. The summed E-state index contributed by atoms with van der Waals surface area (Å²) in [6, 6.07) is 10.4. The Kier molecular flexibility index (Phi) is 8.20. The molecule has 1 fully saturated rings. The molecule has 1 aromatic rings. The zero-order chi connectivity index (χ0) is 16.3. The summed E-state index contributed by atoms with van der Waals surface area (Å²) in [7, 11) is 0. The van der Waals surface area contributed by atoms with Crippen molar-refractivity contribution in [3.63, 3.8) is 0 Å². The van der Waals surface area contributed by atoms with Gasteiger partial charge in [0.05, 0.1) is 0 Å². The van der Waals surface area contributed by atoms with Gasteiger partial charge >= 0.3 is 0 Å². The summed E-state index contributed by atoms with van der Waals surface area (Å²) in [6.07, 6.45) is 13.0. The highest BCUT2D eigenvalue weighted by molar-refractivity contribution is 5.82. The van der Waals surface area contributed by atoms with Crippen LogP contribution in [0.5, 0.6) is 0 Å². The van der Waals surface area contributed by atoms with Crippen LogP contribution in [0.2, 0.25) is 0 Å². The average molecular weight is 316 g/mol. The van der Waals surface area contributed by atoms with Gasteiger partial charge in [-0.05, 0) is 24.3 Å². The van der Waals surface area contributed by atoms with Gasteiger partial charge < -0.3 is 5.32 Å². The predicted molar refractivity (Wildman–Crippen MR) is 97.5 cm³/mol. The molecule has 1 N–H and O–H groups in total. The van der Waals surface area contributed by atoms with Gasteiger partial charge in [-0.1, -0.05) is 88.6 Å². The van der Waals surface area contributed by atoms with E-state index in [0.29, 0.717) is 5.92 Å². The topological polar surface area (TPSA) is 29.1 Å². The van der Waals surface area contributed by atoms with Crippen LogP contribution < -0.4 is 5.32 Å². The van der Waals surface area contributed by atoms with Crippen molar-refractivity contribution in [2.24, 2.45) is 5.92 Å². The quantitative estimate of drug-likeness (QED) is 0.511. The molecule has 1 aromatic carbocycles. The summed E-state index contributed by atoms with van der Waals surface area (Å²) in [5.74, 6) is 0.939.